The Morgan fingerprint density at radius 1 is 1.24 bits per heavy atom. The molecule has 8 nitrogen and oxygen atoms in total. The third kappa shape index (κ3) is 5.17. The number of rotatable bonds is 8. The second kappa shape index (κ2) is 10.3. The number of benzene rings is 1. The van der Waals surface area contributed by atoms with Crippen LogP contribution in [-0.4, -0.2) is 45.7 Å². The number of nitrogens with one attached hydrogen (secondary N) is 4. The monoisotopic (exact) mass is 495 g/mol. The summed E-state index contributed by atoms with van der Waals surface area (Å²) in [7, 11) is 0. The van der Waals surface area contributed by atoms with Gasteiger partial charge in [-0.2, -0.15) is 5.10 Å². The fraction of sp³-hybridized carbons (Fsp3) is 0.333. The van der Waals surface area contributed by atoms with Crippen molar-refractivity contribution in [2.75, 3.05) is 25.0 Å². The van der Waals surface area contributed by atoms with Gasteiger partial charge in [0.2, 0.25) is 5.91 Å². The van der Waals surface area contributed by atoms with Crippen molar-refractivity contribution in [2.45, 2.75) is 24.6 Å². The Hall–Kier alpha value is -2.72. The van der Waals surface area contributed by atoms with Crippen molar-refractivity contribution < 1.29 is 4.79 Å². The summed E-state index contributed by atoms with van der Waals surface area (Å²) >= 11 is 7.96. The molecule has 1 amide bonds. The predicted octanol–water partition coefficient (Wildman–Crippen LogP) is 3.95. The molecule has 2 aliphatic rings. The molecule has 1 aromatic carbocycles. The van der Waals surface area contributed by atoms with E-state index in [4.69, 9.17) is 11.6 Å². The molecule has 0 radical (unpaired) electrons. The van der Waals surface area contributed by atoms with Gasteiger partial charge in [-0.1, -0.05) is 23.7 Å². The number of nitrogens with zero attached hydrogens (tertiary/aromatic N) is 3. The second-order valence-corrected chi connectivity index (χ2v) is 10.2. The summed E-state index contributed by atoms with van der Waals surface area (Å²) in [5.41, 5.74) is 3.53. The van der Waals surface area contributed by atoms with Crippen LogP contribution in [0.4, 0.5) is 5.82 Å². The highest BCUT2D eigenvalue weighted by molar-refractivity contribution is 8.08. The van der Waals surface area contributed by atoms with Gasteiger partial charge in [-0.05, 0) is 53.3 Å². The van der Waals surface area contributed by atoms with Crippen LogP contribution in [0.15, 0.2) is 54.5 Å². The van der Waals surface area contributed by atoms with Crippen molar-refractivity contribution in [1.29, 1.82) is 0 Å². The highest BCUT2D eigenvalue weighted by atomic mass is 35.5. The fourth-order valence-corrected chi connectivity index (χ4v) is 5.80. The van der Waals surface area contributed by atoms with Crippen LogP contribution in [0.5, 0.6) is 0 Å². The third-order valence-corrected chi connectivity index (χ3v) is 7.74. The first kappa shape index (κ1) is 23.0. The van der Waals surface area contributed by atoms with Crippen LogP contribution >= 0.6 is 23.4 Å². The normalized spacial score (nSPS) is 19.2. The van der Waals surface area contributed by atoms with E-state index in [1.165, 1.54) is 18.1 Å². The largest absolute Gasteiger partial charge is 0.316 e. The number of anilines is 1. The number of aromatic amines is 1. The highest BCUT2D eigenvalue weighted by Crippen LogP contribution is 2.54. The predicted molar refractivity (Wildman–Crippen MR) is 135 cm³/mol. The van der Waals surface area contributed by atoms with Crippen LogP contribution in [-0.2, 0) is 4.79 Å². The molecule has 176 valence electrons. The zero-order valence-corrected chi connectivity index (χ0v) is 20.3. The molecule has 1 fully saturated rings. The van der Waals surface area contributed by atoms with Crippen molar-refractivity contribution in [3.8, 4) is 0 Å². The Balaban J connectivity index is 1.48. The van der Waals surface area contributed by atoms with Gasteiger partial charge in [0, 0.05) is 43.0 Å². The Kier molecular flexibility index (Phi) is 6.96. The molecule has 0 aliphatic carbocycles. The van der Waals surface area contributed by atoms with E-state index >= 15 is 0 Å². The average molecular weight is 496 g/mol. The molecule has 0 saturated carbocycles. The van der Waals surface area contributed by atoms with E-state index in [1.807, 2.05) is 24.3 Å². The first-order valence-corrected chi connectivity index (χ1v) is 12.5. The molecule has 5 rings (SSSR count). The van der Waals surface area contributed by atoms with Crippen LogP contribution in [0.25, 0.3) is 4.91 Å². The molecular formula is C24H26ClN7OS. The summed E-state index contributed by atoms with van der Waals surface area (Å²) in [6.45, 7) is 4.48. The van der Waals surface area contributed by atoms with Crippen molar-refractivity contribution in [1.82, 2.24) is 30.8 Å². The zero-order chi connectivity index (χ0) is 23.5. The smallest absolute Gasteiger partial charge is 0.222 e. The molecule has 2 aromatic heterocycles. The number of hydrogen-bond donors (Lipinski definition) is 4. The number of hydrogen-bond acceptors (Lipinski definition) is 7. The minimum Gasteiger partial charge on any atom is -0.316 e. The molecule has 3 aromatic rings. The maximum absolute atomic E-state index is 11.5. The Morgan fingerprint density at radius 3 is 2.74 bits per heavy atom. The molecule has 1 saturated heterocycles. The van der Waals surface area contributed by atoms with Gasteiger partial charge in [-0.3, -0.25) is 9.89 Å². The quantitative estimate of drug-likeness (QED) is 0.374. The second-order valence-electron chi connectivity index (χ2n) is 8.57. The van der Waals surface area contributed by atoms with E-state index in [2.05, 4.69) is 48.2 Å². The number of amides is 1. The minimum atomic E-state index is -0.137. The number of pyridine rings is 1. The maximum Gasteiger partial charge on any atom is 0.222 e. The van der Waals surface area contributed by atoms with Gasteiger partial charge in [-0.25, -0.2) is 9.97 Å². The lowest BCUT2D eigenvalue weighted by atomic mass is 9.92. The fourth-order valence-electron chi connectivity index (χ4n) is 4.28. The number of H-pyrrole nitrogens is 1. The Labute approximate surface area is 207 Å². The molecule has 10 heteroatoms. The van der Waals surface area contributed by atoms with E-state index < -0.39 is 0 Å². The number of halogens is 1. The molecule has 4 N–H and O–H groups in total. The lowest BCUT2D eigenvalue weighted by Gasteiger charge is -2.30. The van der Waals surface area contributed by atoms with E-state index in [0.717, 1.165) is 47.4 Å². The number of carbonyl (C=O) groups is 1. The van der Waals surface area contributed by atoms with Gasteiger partial charge in [-0.15, -0.1) is 11.8 Å². The van der Waals surface area contributed by atoms with E-state index in [-0.39, 0.29) is 17.2 Å². The molecule has 0 bridgehead atoms. The molecule has 2 aliphatic heterocycles. The summed E-state index contributed by atoms with van der Waals surface area (Å²) in [4.78, 5) is 21.4. The molecule has 34 heavy (non-hydrogen) atoms. The first-order valence-electron chi connectivity index (χ1n) is 11.3. The summed E-state index contributed by atoms with van der Waals surface area (Å²) in [5, 5.41) is 18.0. The van der Waals surface area contributed by atoms with Crippen LogP contribution in [0.1, 0.15) is 41.6 Å². The number of thioether (sulfide) groups is 1. The first-order chi connectivity index (χ1) is 16.6. The van der Waals surface area contributed by atoms with Crippen molar-refractivity contribution >= 4 is 40.0 Å². The van der Waals surface area contributed by atoms with Crippen LogP contribution in [0.2, 0.25) is 5.02 Å². The molecule has 4 heterocycles. The van der Waals surface area contributed by atoms with Crippen LogP contribution in [0.3, 0.4) is 0 Å². The SMILES string of the molecule is CC(=O)Nc1cc(C2CC(C(NCC3CNC3)c3ccc(Cl)cc3)=C(c3ncn[nH]3)S2)ccn1. The van der Waals surface area contributed by atoms with Gasteiger partial charge in [0.25, 0.3) is 0 Å². The summed E-state index contributed by atoms with van der Waals surface area (Å²) in [6, 6.07) is 12.0. The lowest BCUT2D eigenvalue weighted by molar-refractivity contribution is -0.114. The van der Waals surface area contributed by atoms with E-state index in [9.17, 15) is 4.79 Å². The Bertz CT molecular complexity index is 1180. The third-order valence-electron chi connectivity index (χ3n) is 6.08. The topological polar surface area (TPSA) is 108 Å². The number of carbonyl (C=O) groups excluding carboxylic acids is 1. The minimum absolute atomic E-state index is 0.0205. The summed E-state index contributed by atoms with van der Waals surface area (Å²) in [6.07, 6.45) is 4.11. The van der Waals surface area contributed by atoms with Crippen LogP contribution < -0.4 is 16.0 Å². The molecule has 2 unspecified atom stereocenters. The molecular weight excluding hydrogens is 470 g/mol. The van der Waals surface area contributed by atoms with Crippen LogP contribution in [0, 0.1) is 5.92 Å². The standard InChI is InChI=1S/C24H26ClN7OS/c1-14(33)31-21-8-17(6-7-27-21)20-9-19(23(34-20)24-29-13-30-32-24)22(28-12-15-10-26-11-15)16-2-4-18(25)5-3-16/h2-8,13,15,20,22,26,28H,9-12H2,1H3,(H,27,31,33)(H,29,30,32). The molecule has 2 atom stereocenters. The zero-order valence-electron chi connectivity index (χ0n) is 18.7. The van der Waals surface area contributed by atoms with E-state index in [1.54, 1.807) is 24.3 Å². The lowest BCUT2D eigenvalue weighted by Crippen LogP contribution is -2.47. The van der Waals surface area contributed by atoms with Gasteiger partial charge >= 0.3 is 0 Å². The van der Waals surface area contributed by atoms with Gasteiger partial charge < -0.3 is 16.0 Å². The maximum atomic E-state index is 11.5. The van der Waals surface area contributed by atoms with Gasteiger partial charge in [0.15, 0.2) is 5.82 Å². The van der Waals surface area contributed by atoms with Crippen molar-refractivity contribution in [2.24, 2.45) is 5.92 Å². The van der Waals surface area contributed by atoms with Gasteiger partial charge in [0.05, 0.1) is 10.9 Å². The summed E-state index contributed by atoms with van der Waals surface area (Å²) < 4.78 is 0. The Morgan fingerprint density at radius 2 is 2.06 bits per heavy atom. The molecule has 0 spiro atoms. The summed E-state index contributed by atoms with van der Waals surface area (Å²) in [5.74, 6) is 1.81. The highest BCUT2D eigenvalue weighted by Gasteiger charge is 2.34. The van der Waals surface area contributed by atoms with Crippen molar-refractivity contribution in [3.05, 3.63) is 76.5 Å². The number of aromatic nitrogens is 4. The van der Waals surface area contributed by atoms with Crippen molar-refractivity contribution in [3.63, 3.8) is 0 Å². The average Bonchev–Trinajstić information content (AvgIpc) is 3.46. The van der Waals surface area contributed by atoms with E-state index in [0.29, 0.717) is 11.7 Å². The van der Waals surface area contributed by atoms with Gasteiger partial charge in [0.1, 0.15) is 12.1 Å².